The minimum absolute atomic E-state index is 0. The molecule has 0 saturated carbocycles. The second-order valence-corrected chi connectivity index (χ2v) is 19.3. The number of para-hydroxylation sites is 1. The molecule has 7 N–H and O–H groups in total. The number of nitrogens with zero attached hydrogens (tertiary/aromatic N) is 4. The second-order valence-electron chi connectivity index (χ2n) is 13.7. The minimum atomic E-state index is -5.36. The Balaban J connectivity index is 0.00000315. The van der Waals surface area contributed by atoms with E-state index in [0.29, 0.717) is 35.0 Å². The first-order valence-electron chi connectivity index (χ1n) is 18.0. The molecule has 29 heteroatoms. The van der Waals surface area contributed by atoms with Crippen LogP contribution < -0.4 is 14.8 Å². The Morgan fingerprint density at radius 1 is 0.464 bits per heavy atom. The summed E-state index contributed by atoms with van der Waals surface area (Å²) in [6.07, 6.45) is 0. The van der Waals surface area contributed by atoms with Gasteiger partial charge in [-0.2, -0.15) is 33.7 Å². The Labute approximate surface area is 482 Å². The number of aromatic hydroxyl groups is 2. The van der Waals surface area contributed by atoms with Crippen molar-refractivity contribution in [2.45, 2.75) is 19.6 Å². The van der Waals surface area contributed by atoms with E-state index in [1.807, 2.05) is 30.3 Å². The summed E-state index contributed by atoms with van der Waals surface area (Å²) in [6.45, 7) is 0. The maximum absolute atomic E-state index is 12.5. The fraction of sp³-hybridized carbons (Fsp3) is 0.0500. The number of hydrogen-bond donors (Lipinski definition) is 7. The van der Waals surface area contributed by atoms with E-state index < -0.39 is 93.7 Å². The summed E-state index contributed by atoms with van der Waals surface area (Å²) in [5, 5.41) is 40.3. The molecule has 69 heavy (non-hydrogen) atoms. The van der Waals surface area contributed by atoms with Crippen LogP contribution in [-0.2, 0) is 40.5 Å². The molecule has 0 spiro atoms. The van der Waals surface area contributed by atoms with E-state index in [-0.39, 0.29) is 152 Å². The third-order valence-corrected chi connectivity index (χ3v) is 13.0. The van der Waals surface area contributed by atoms with Crippen molar-refractivity contribution in [3.63, 3.8) is 0 Å². The van der Waals surface area contributed by atoms with Crippen LogP contribution in [0.25, 0.3) is 32.7 Å². The second kappa shape index (κ2) is 23.6. The summed E-state index contributed by atoms with van der Waals surface area (Å²) >= 11 is 0. The molecule has 0 aromatic heterocycles. The van der Waals surface area contributed by atoms with Crippen molar-refractivity contribution in [3.8, 4) is 34.1 Å². The molecule has 0 saturated heterocycles. The smallest absolute Gasteiger partial charge is 0.296 e. The van der Waals surface area contributed by atoms with Crippen molar-refractivity contribution in [1.29, 1.82) is 0 Å². The van der Waals surface area contributed by atoms with Crippen LogP contribution in [0, 0.1) is 0 Å². The Morgan fingerprint density at radius 2 is 0.942 bits per heavy atom. The van der Waals surface area contributed by atoms with Crippen LogP contribution in [0.2, 0.25) is 0 Å². The molecule has 0 amide bonds. The molecule has 7 rings (SSSR count). The summed E-state index contributed by atoms with van der Waals surface area (Å²) in [5.41, 5.74) is 0.612. The van der Waals surface area contributed by atoms with Crippen molar-refractivity contribution in [3.05, 3.63) is 109 Å². The largest absolute Gasteiger partial charge is 0.505 e. The summed E-state index contributed by atoms with van der Waals surface area (Å²) in [6, 6.07) is 25.3. The Kier molecular flexibility index (Phi) is 20.6. The van der Waals surface area contributed by atoms with Gasteiger partial charge in [-0.05, 0) is 101 Å². The van der Waals surface area contributed by atoms with E-state index in [4.69, 9.17) is 9.47 Å². The quantitative estimate of drug-likeness (QED) is 0.0343. The molecular weight excluding hydrogens is 1030 g/mol. The van der Waals surface area contributed by atoms with Gasteiger partial charge in [0.2, 0.25) is 0 Å². The maximum atomic E-state index is 12.5. The monoisotopic (exact) mass is 1060 g/mol. The van der Waals surface area contributed by atoms with E-state index in [9.17, 15) is 62.1 Å². The van der Waals surface area contributed by atoms with Gasteiger partial charge in [0.05, 0.1) is 19.1 Å². The van der Waals surface area contributed by atoms with E-state index in [1.165, 1.54) is 50.6 Å². The minimum Gasteiger partial charge on any atom is -0.505 e. The first-order chi connectivity index (χ1) is 30.5. The molecular formula is C40H31N5Na4O16S4. The molecule has 0 bridgehead atoms. The van der Waals surface area contributed by atoms with Gasteiger partial charge in [0, 0.05) is 140 Å². The molecule has 0 fully saturated rings. The zero-order valence-electron chi connectivity index (χ0n) is 37.1. The third-order valence-electron chi connectivity index (χ3n) is 9.54. The average molecular weight is 1060 g/mol. The summed E-state index contributed by atoms with van der Waals surface area (Å²) < 4.78 is 149. The topological polar surface area (TPSA) is 338 Å². The van der Waals surface area contributed by atoms with Crippen LogP contribution in [-0.4, -0.2) is 195 Å². The van der Waals surface area contributed by atoms with Gasteiger partial charge >= 0.3 is 0 Å². The summed E-state index contributed by atoms with van der Waals surface area (Å²) in [7, 11) is -18.2. The number of benzene rings is 7. The molecule has 340 valence electrons. The van der Waals surface area contributed by atoms with Crippen LogP contribution in [0.1, 0.15) is 0 Å². The molecule has 0 aliphatic carbocycles. The fourth-order valence-corrected chi connectivity index (χ4v) is 9.25. The van der Waals surface area contributed by atoms with Crippen LogP contribution in [0.15, 0.2) is 149 Å². The fourth-order valence-electron chi connectivity index (χ4n) is 6.57. The van der Waals surface area contributed by atoms with E-state index >= 15 is 0 Å². The molecule has 21 nitrogen and oxygen atoms in total. The average Bonchev–Trinajstić information content (AvgIpc) is 3.24. The maximum Gasteiger partial charge on any atom is 0.296 e. The van der Waals surface area contributed by atoms with Crippen molar-refractivity contribution in [1.82, 2.24) is 0 Å². The molecule has 7 aromatic rings. The summed E-state index contributed by atoms with van der Waals surface area (Å²) in [4.78, 5) is -4.25. The van der Waals surface area contributed by atoms with E-state index in [0.717, 1.165) is 11.8 Å². The van der Waals surface area contributed by atoms with Gasteiger partial charge in [0.25, 0.3) is 40.5 Å². The van der Waals surface area contributed by atoms with Gasteiger partial charge in [0.1, 0.15) is 48.9 Å². The van der Waals surface area contributed by atoms with Crippen LogP contribution >= 0.6 is 0 Å². The van der Waals surface area contributed by atoms with Gasteiger partial charge in [-0.1, -0.05) is 30.3 Å². The number of nitrogens with one attached hydrogen (secondary N) is 1. The Morgan fingerprint density at radius 3 is 1.41 bits per heavy atom. The number of methoxy groups -OCH3 is 2. The van der Waals surface area contributed by atoms with Crippen LogP contribution in [0.4, 0.5) is 34.1 Å². The SMILES string of the molecule is COc1cc(-c2ccc(N=Nc3c(S(=O)(=O)O)cc4cc(S(=O)(=O)O)cc(S(=O)(=O)O)c4c3O)c(OC)c2)ccc1N=Nc1c(S(=O)(=O)O)cc2cc(Nc3ccccc3)ccc2c1O.[Na].[Na].[Na].[Na]. The van der Waals surface area contributed by atoms with Crippen molar-refractivity contribution >= 4 is 214 Å². The number of ether oxygens (including phenoxy) is 2. The standard InChI is InChI=1S/C40H31N5O16S4.4Na/c1-60-31-16-21(8-12-29(31)42-44-37-34(64(54,55)56)18-23-14-26(10-11-28(23)39(37)46)41-25-6-4-3-5-7-25)22-9-13-30(32(17-22)61-2)43-45-38-35(65(57,58)59)19-24-15-27(62(48,49)50)20-33(63(51,52)53)36(24)40(38)47;;;;/h3-20,41,46-47H,1-2H3,(H,48,49,50)(H,51,52,53)(H,54,55,56)(H,57,58,59);;;;. The van der Waals surface area contributed by atoms with E-state index in [1.54, 1.807) is 18.2 Å². The van der Waals surface area contributed by atoms with Crippen molar-refractivity contribution in [2.75, 3.05) is 19.5 Å². The molecule has 4 radical (unpaired) electrons. The van der Waals surface area contributed by atoms with E-state index in [2.05, 4.69) is 25.8 Å². The number of anilines is 2. The zero-order chi connectivity index (χ0) is 47.2. The Hall–Kier alpha value is -3.10. The first kappa shape index (κ1) is 60.2. The number of azo groups is 2. The predicted molar refractivity (Wildman–Crippen MR) is 257 cm³/mol. The molecule has 0 aliphatic heterocycles. The van der Waals surface area contributed by atoms with Crippen LogP contribution in [0.5, 0.6) is 23.0 Å². The predicted octanol–water partition coefficient (Wildman–Crippen LogP) is 7.13. The number of phenolic OH excluding ortho intramolecular Hbond substituents is 2. The molecule has 7 aromatic carbocycles. The van der Waals surface area contributed by atoms with Gasteiger partial charge in [0.15, 0.2) is 11.5 Å². The van der Waals surface area contributed by atoms with Gasteiger partial charge < -0.3 is 25.0 Å². The number of hydrogen-bond acceptors (Lipinski definition) is 17. The zero-order valence-corrected chi connectivity index (χ0v) is 48.3. The normalized spacial score (nSPS) is 11.9. The molecule has 0 atom stereocenters. The first-order valence-corrected chi connectivity index (χ1v) is 23.8. The number of fused-ring (bicyclic) bond motifs is 2. The molecule has 0 heterocycles. The third kappa shape index (κ3) is 13.5. The molecule has 0 aliphatic rings. The Bertz CT molecular complexity index is 3650. The van der Waals surface area contributed by atoms with Gasteiger partial charge in [-0.3, -0.25) is 18.2 Å². The number of phenols is 2. The van der Waals surface area contributed by atoms with Crippen LogP contribution in [0.3, 0.4) is 0 Å². The summed E-state index contributed by atoms with van der Waals surface area (Å²) in [5.74, 6) is -1.75. The van der Waals surface area contributed by atoms with Crippen molar-refractivity contribution < 1.29 is 71.6 Å². The molecule has 0 unspecified atom stereocenters. The van der Waals surface area contributed by atoms with Crippen molar-refractivity contribution in [2.24, 2.45) is 20.5 Å². The number of rotatable bonds is 13. The van der Waals surface area contributed by atoms with Gasteiger partial charge in [-0.15, -0.1) is 20.5 Å². The van der Waals surface area contributed by atoms with Gasteiger partial charge in [-0.25, -0.2) is 0 Å².